The summed E-state index contributed by atoms with van der Waals surface area (Å²) in [5.74, 6) is 11.1. The van der Waals surface area contributed by atoms with Crippen LogP contribution in [0, 0.1) is 23.7 Å². The second kappa shape index (κ2) is 16.3. The van der Waals surface area contributed by atoms with E-state index < -0.39 is 5.97 Å². The number of carboxylic acid groups (broad SMARTS) is 1. The van der Waals surface area contributed by atoms with Crippen LogP contribution in [0.3, 0.4) is 0 Å². The number of hydrogen-bond acceptors (Lipinski definition) is 1. The van der Waals surface area contributed by atoms with Crippen molar-refractivity contribution >= 4 is 21.9 Å². The Bertz CT molecular complexity index is 479. The van der Waals surface area contributed by atoms with Crippen molar-refractivity contribution in [2.24, 2.45) is 0 Å². The lowest BCUT2D eigenvalue weighted by Crippen LogP contribution is -1.93. The Morgan fingerprint density at radius 1 is 0.952 bits per heavy atom. The lowest BCUT2D eigenvalue weighted by atomic mass is 10.1. The summed E-state index contributed by atoms with van der Waals surface area (Å²) in [5, 5.41) is 8.47. The smallest absolute Gasteiger partial charge is 0.303 e. The van der Waals surface area contributed by atoms with Crippen LogP contribution in [0.15, 0.2) is 35.4 Å². The molecule has 0 aromatic carbocycles. The van der Waals surface area contributed by atoms with E-state index in [1.165, 1.54) is 0 Å². The van der Waals surface area contributed by atoms with Gasteiger partial charge in [-0.3, -0.25) is 4.79 Å². The van der Waals surface area contributed by atoms with Crippen molar-refractivity contribution in [2.45, 2.75) is 44.9 Å². The van der Waals surface area contributed by atoms with Gasteiger partial charge in [-0.2, -0.15) is 0 Å². The molecule has 0 rings (SSSR count). The number of unbranched alkanes of at least 4 members (excludes halogenated alkanes) is 4. The van der Waals surface area contributed by atoms with Gasteiger partial charge in [-0.1, -0.05) is 58.2 Å². The fourth-order valence-corrected chi connectivity index (χ4v) is 1.53. The monoisotopic (exact) mass is 348 g/mol. The van der Waals surface area contributed by atoms with Crippen LogP contribution in [0.25, 0.3) is 0 Å². The third-order valence-electron chi connectivity index (χ3n) is 2.43. The molecule has 0 radical (unpaired) electrons. The maximum atomic E-state index is 10.3. The molecule has 0 bridgehead atoms. The summed E-state index contributed by atoms with van der Waals surface area (Å²) < 4.78 is 0. The molecule has 0 atom stereocenters. The predicted octanol–water partition coefficient (Wildman–Crippen LogP) is 4.83. The molecule has 0 unspecified atom stereocenters. The summed E-state index contributed by atoms with van der Waals surface area (Å²) in [6.45, 7) is 0. The average molecular weight is 349 g/mol. The van der Waals surface area contributed by atoms with E-state index in [2.05, 4.69) is 39.6 Å². The van der Waals surface area contributed by atoms with Gasteiger partial charge in [0.25, 0.3) is 0 Å². The van der Waals surface area contributed by atoms with Crippen molar-refractivity contribution in [3.63, 3.8) is 0 Å². The van der Waals surface area contributed by atoms with Crippen molar-refractivity contribution in [3.05, 3.63) is 35.4 Å². The third kappa shape index (κ3) is 18.3. The van der Waals surface area contributed by atoms with E-state index in [4.69, 9.17) is 5.11 Å². The third-order valence-corrected chi connectivity index (χ3v) is 2.69. The average Bonchev–Trinajstić information content (AvgIpc) is 2.46. The summed E-state index contributed by atoms with van der Waals surface area (Å²) >= 11 is 3.14. The zero-order valence-electron chi connectivity index (χ0n) is 12.1. The maximum Gasteiger partial charge on any atom is 0.303 e. The molecule has 0 aliphatic rings. The highest BCUT2D eigenvalue weighted by atomic mass is 79.9. The molecule has 2 nitrogen and oxygen atoms in total. The van der Waals surface area contributed by atoms with Gasteiger partial charge in [0.1, 0.15) is 0 Å². The van der Waals surface area contributed by atoms with Crippen LogP contribution < -0.4 is 0 Å². The number of hydrogen-bond donors (Lipinski definition) is 1. The number of rotatable bonds is 8. The molecule has 0 aliphatic heterocycles. The number of aliphatic carboxylic acids is 1. The Morgan fingerprint density at radius 3 is 2.29 bits per heavy atom. The Balaban J connectivity index is 3.50. The zero-order valence-corrected chi connectivity index (χ0v) is 13.7. The lowest BCUT2D eigenvalue weighted by Gasteiger charge is -1.93. The minimum absolute atomic E-state index is 0.262. The van der Waals surface area contributed by atoms with Gasteiger partial charge in [-0.15, -0.1) is 0 Å². The van der Waals surface area contributed by atoms with Gasteiger partial charge in [0.05, 0.1) is 0 Å². The molecule has 1 N–H and O–H groups in total. The largest absolute Gasteiger partial charge is 0.481 e. The van der Waals surface area contributed by atoms with E-state index in [9.17, 15) is 4.79 Å². The van der Waals surface area contributed by atoms with E-state index in [0.29, 0.717) is 0 Å². The van der Waals surface area contributed by atoms with Gasteiger partial charge < -0.3 is 5.11 Å². The molecule has 0 spiro atoms. The minimum atomic E-state index is -0.719. The van der Waals surface area contributed by atoms with Gasteiger partial charge >= 0.3 is 5.97 Å². The molecule has 3 heteroatoms. The molecule has 112 valence electrons. The normalized spacial score (nSPS) is 10.5. The summed E-state index contributed by atoms with van der Waals surface area (Å²) in [7, 11) is 0. The lowest BCUT2D eigenvalue weighted by molar-refractivity contribution is -0.137. The highest BCUT2D eigenvalue weighted by Crippen LogP contribution is 2.01. The summed E-state index contributed by atoms with van der Waals surface area (Å²) in [5.41, 5.74) is 0. The van der Waals surface area contributed by atoms with Crippen molar-refractivity contribution < 1.29 is 9.90 Å². The number of halogens is 1. The fourth-order valence-electron chi connectivity index (χ4n) is 1.40. The first-order valence-electron chi connectivity index (χ1n) is 7.04. The predicted molar refractivity (Wildman–Crippen MR) is 91.9 cm³/mol. The van der Waals surface area contributed by atoms with Gasteiger partial charge in [0.2, 0.25) is 0 Å². The van der Waals surface area contributed by atoms with Crippen LogP contribution in [0.2, 0.25) is 0 Å². The molecule has 0 aromatic heterocycles. The molecule has 0 saturated carbocycles. The van der Waals surface area contributed by atoms with E-state index in [1.807, 2.05) is 24.3 Å². The standard InChI is InChI=1S/C18H21BrO2/c19-17-15-13-11-9-7-5-3-1-2-4-6-8-10-12-14-16-18(20)21/h1-2,7,9,15,17H,3,5,8,10,12,14,16H2,(H,20,21). The van der Waals surface area contributed by atoms with E-state index in [1.54, 1.807) is 11.1 Å². The first-order chi connectivity index (χ1) is 10.3. The van der Waals surface area contributed by atoms with E-state index >= 15 is 0 Å². The Hall–Kier alpha value is -1.71. The first-order valence-corrected chi connectivity index (χ1v) is 7.95. The maximum absolute atomic E-state index is 10.3. The van der Waals surface area contributed by atoms with Crippen LogP contribution in [0.5, 0.6) is 0 Å². The number of carboxylic acids is 1. The van der Waals surface area contributed by atoms with Gasteiger partial charge in [-0.05, 0) is 48.9 Å². The van der Waals surface area contributed by atoms with Crippen molar-refractivity contribution in [2.75, 3.05) is 0 Å². The Labute approximate surface area is 136 Å². The summed E-state index contributed by atoms with van der Waals surface area (Å²) in [4.78, 5) is 12.0. The summed E-state index contributed by atoms with van der Waals surface area (Å²) in [6.07, 6.45) is 15.2. The highest BCUT2D eigenvalue weighted by molar-refractivity contribution is 9.11. The van der Waals surface area contributed by atoms with Crippen LogP contribution in [-0.4, -0.2) is 11.1 Å². The Morgan fingerprint density at radius 2 is 1.62 bits per heavy atom. The molecule has 0 aromatic rings. The van der Waals surface area contributed by atoms with Gasteiger partial charge in [0.15, 0.2) is 0 Å². The molecule has 0 heterocycles. The van der Waals surface area contributed by atoms with Crippen molar-refractivity contribution in [3.8, 4) is 23.7 Å². The molecule has 0 aliphatic carbocycles. The second-order valence-corrected chi connectivity index (χ2v) is 4.77. The molecule has 0 amide bonds. The highest BCUT2D eigenvalue weighted by Gasteiger charge is 1.94. The van der Waals surface area contributed by atoms with Crippen molar-refractivity contribution in [1.82, 2.24) is 0 Å². The SMILES string of the molecule is O=C(O)CCCCCC#CC=CCCC=CC#CC=CBr. The topological polar surface area (TPSA) is 37.3 Å². The number of carbonyl (C=O) groups is 1. The van der Waals surface area contributed by atoms with Gasteiger partial charge in [-0.25, -0.2) is 0 Å². The zero-order chi connectivity index (χ0) is 15.6. The van der Waals surface area contributed by atoms with Crippen LogP contribution >= 0.6 is 15.9 Å². The quantitative estimate of drug-likeness (QED) is 0.503. The van der Waals surface area contributed by atoms with Gasteiger partial charge in [0, 0.05) is 12.8 Å². The minimum Gasteiger partial charge on any atom is -0.481 e. The van der Waals surface area contributed by atoms with Crippen LogP contribution in [0.1, 0.15) is 44.9 Å². The first kappa shape index (κ1) is 19.3. The molecule has 0 saturated heterocycles. The molecular formula is C18H21BrO2. The van der Waals surface area contributed by atoms with Crippen LogP contribution in [0.4, 0.5) is 0 Å². The molecule has 0 fully saturated rings. The number of allylic oxidation sites excluding steroid dienone is 5. The fraction of sp³-hybridized carbons (Fsp3) is 0.389. The van der Waals surface area contributed by atoms with E-state index in [0.717, 1.165) is 38.5 Å². The van der Waals surface area contributed by atoms with Crippen LogP contribution in [-0.2, 0) is 4.79 Å². The molecule has 21 heavy (non-hydrogen) atoms. The second-order valence-electron chi connectivity index (χ2n) is 4.24. The Kier molecular flexibility index (Phi) is 15.0. The molecular weight excluding hydrogens is 328 g/mol. The van der Waals surface area contributed by atoms with E-state index in [-0.39, 0.29) is 6.42 Å². The van der Waals surface area contributed by atoms with Crippen molar-refractivity contribution in [1.29, 1.82) is 0 Å². The summed E-state index contributed by atoms with van der Waals surface area (Å²) in [6, 6.07) is 0.